The molecule has 0 aliphatic heterocycles. The van der Waals surface area contributed by atoms with Crippen molar-refractivity contribution < 1.29 is 9.18 Å². The fourth-order valence-corrected chi connectivity index (χ4v) is 1.58. The zero-order valence-corrected chi connectivity index (χ0v) is 10.6. The lowest BCUT2D eigenvalue weighted by Crippen LogP contribution is -2.23. The molecular formula is C12H9ClFN3O2. The van der Waals surface area contributed by atoms with Crippen LogP contribution in [0.1, 0.15) is 10.5 Å². The second kappa shape index (κ2) is 5.19. The summed E-state index contributed by atoms with van der Waals surface area (Å²) in [4.78, 5) is 23.0. The molecule has 19 heavy (non-hydrogen) atoms. The van der Waals surface area contributed by atoms with Gasteiger partial charge in [0.15, 0.2) is 0 Å². The molecule has 2 aromatic rings. The van der Waals surface area contributed by atoms with Crippen LogP contribution in [0, 0.1) is 5.82 Å². The number of rotatable bonds is 2. The number of amides is 1. The van der Waals surface area contributed by atoms with Crippen molar-refractivity contribution in [3.05, 3.63) is 57.2 Å². The monoisotopic (exact) mass is 281 g/mol. The van der Waals surface area contributed by atoms with E-state index in [9.17, 15) is 14.0 Å². The Hall–Kier alpha value is -2.21. The van der Waals surface area contributed by atoms with Crippen molar-refractivity contribution in [3.63, 3.8) is 0 Å². The molecule has 0 unspecified atom stereocenters. The molecule has 98 valence electrons. The number of hydrogen-bond acceptors (Lipinski definition) is 3. The molecule has 7 heteroatoms. The minimum Gasteiger partial charge on any atom is -0.318 e. The van der Waals surface area contributed by atoms with Gasteiger partial charge in [0, 0.05) is 18.1 Å². The maximum Gasteiger partial charge on any atom is 0.276 e. The smallest absolute Gasteiger partial charge is 0.276 e. The zero-order chi connectivity index (χ0) is 14.0. The van der Waals surface area contributed by atoms with Crippen molar-refractivity contribution in [1.82, 2.24) is 9.78 Å². The van der Waals surface area contributed by atoms with Gasteiger partial charge in [0.1, 0.15) is 11.5 Å². The summed E-state index contributed by atoms with van der Waals surface area (Å²) in [6.45, 7) is 0. The van der Waals surface area contributed by atoms with E-state index in [1.807, 2.05) is 0 Å². The molecule has 2 rings (SSSR count). The Bertz CT molecular complexity index is 700. The zero-order valence-electron chi connectivity index (χ0n) is 9.85. The first-order valence-corrected chi connectivity index (χ1v) is 5.66. The Morgan fingerprint density at radius 3 is 2.79 bits per heavy atom. The molecule has 0 saturated heterocycles. The predicted octanol–water partition coefficient (Wildman–Crippen LogP) is 1.83. The molecule has 0 saturated carbocycles. The number of benzene rings is 1. The molecule has 0 spiro atoms. The molecule has 0 aliphatic rings. The second-order valence-electron chi connectivity index (χ2n) is 3.76. The molecule has 1 aromatic carbocycles. The molecule has 0 aliphatic carbocycles. The van der Waals surface area contributed by atoms with Crippen LogP contribution in [0.15, 0.2) is 35.1 Å². The topological polar surface area (TPSA) is 64.0 Å². The summed E-state index contributed by atoms with van der Waals surface area (Å²) in [5.74, 6) is -1.24. The molecule has 5 nitrogen and oxygen atoms in total. The van der Waals surface area contributed by atoms with E-state index in [1.54, 1.807) is 0 Å². The second-order valence-corrected chi connectivity index (χ2v) is 4.20. The van der Waals surface area contributed by atoms with E-state index in [-0.39, 0.29) is 16.9 Å². The lowest BCUT2D eigenvalue weighted by Gasteiger charge is -2.06. The molecule has 0 atom stereocenters. The van der Waals surface area contributed by atoms with Gasteiger partial charge in [-0.15, -0.1) is 0 Å². The number of halogens is 2. The van der Waals surface area contributed by atoms with Gasteiger partial charge in [-0.05, 0) is 24.3 Å². The van der Waals surface area contributed by atoms with Gasteiger partial charge in [-0.1, -0.05) is 11.6 Å². The van der Waals surface area contributed by atoms with E-state index in [4.69, 9.17) is 11.6 Å². The first-order chi connectivity index (χ1) is 8.97. The van der Waals surface area contributed by atoms with Gasteiger partial charge in [0.25, 0.3) is 11.5 Å². The highest BCUT2D eigenvalue weighted by Crippen LogP contribution is 2.19. The lowest BCUT2D eigenvalue weighted by atomic mass is 10.3. The van der Waals surface area contributed by atoms with E-state index in [0.29, 0.717) is 5.02 Å². The van der Waals surface area contributed by atoms with Crippen LogP contribution in [0.3, 0.4) is 0 Å². The van der Waals surface area contributed by atoms with Crippen molar-refractivity contribution in [2.75, 3.05) is 5.32 Å². The number of aromatic nitrogens is 2. The van der Waals surface area contributed by atoms with Crippen molar-refractivity contribution in [1.29, 1.82) is 0 Å². The molecule has 0 radical (unpaired) electrons. The SMILES string of the molecule is Cn1nc(C(=O)Nc2cc(Cl)ccc2F)ccc1=O. The van der Waals surface area contributed by atoms with Crippen molar-refractivity contribution in [2.45, 2.75) is 0 Å². The summed E-state index contributed by atoms with van der Waals surface area (Å²) in [6, 6.07) is 6.27. The minimum absolute atomic E-state index is 0.00137. The summed E-state index contributed by atoms with van der Waals surface area (Å²) in [6.07, 6.45) is 0. The van der Waals surface area contributed by atoms with Crippen molar-refractivity contribution in [3.8, 4) is 0 Å². The fourth-order valence-electron chi connectivity index (χ4n) is 1.40. The molecule has 1 aromatic heterocycles. The number of nitrogens with one attached hydrogen (secondary N) is 1. The number of anilines is 1. The van der Waals surface area contributed by atoms with Gasteiger partial charge in [-0.25, -0.2) is 9.07 Å². The summed E-state index contributed by atoms with van der Waals surface area (Å²) in [5.41, 5.74) is -0.389. The molecule has 1 N–H and O–H groups in total. The van der Waals surface area contributed by atoms with Gasteiger partial charge in [0.2, 0.25) is 0 Å². The van der Waals surface area contributed by atoms with Crippen molar-refractivity contribution >= 4 is 23.2 Å². The average molecular weight is 282 g/mol. The highest BCUT2D eigenvalue weighted by atomic mass is 35.5. The van der Waals surface area contributed by atoms with Gasteiger partial charge in [0.05, 0.1) is 5.69 Å². The Morgan fingerprint density at radius 1 is 1.37 bits per heavy atom. The normalized spacial score (nSPS) is 10.3. The van der Waals surface area contributed by atoms with E-state index in [0.717, 1.165) is 10.7 Å². The van der Waals surface area contributed by atoms with E-state index < -0.39 is 11.7 Å². The first-order valence-electron chi connectivity index (χ1n) is 5.28. The van der Waals surface area contributed by atoms with Gasteiger partial charge < -0.3 is 5.32 Å². The molecule has 0 fully saturated rings. The number of hydrogen-bond donors (Lipinski definition) is 1. The quantitative estimate of drug-likeness (QED) is 0.913. The number of aryl methyl sites for hydroxylation is 1. The average Bonchev–Trinajstić information content (AvgIpc) is 2.37. The van der Waals surface area contributed by atoms with Crippen LogP contribution in [0.4, 0.5) is 10.1 Å². The first kappa shape index (κ1) is 13.2. The third-order valence-corrected chi connectivity index (χ3v) is 2.60. The number of carbonyl (C=O) groups is 1. The molecule has 0 bridgehead atoms. The fraction of sp³-hybridized carbons (Fsp3) is 0.0833. The van der Waals surface area contributed by atoms with Gasteiger partial charge >= 0.3 is 0 Å². The molecule has 1 heterocycles. The highest BCUT2D eigenvalue weighted by molar-refractivity contribution is 6.31. The Kier molecular flexibility index (Phi) is 3.62. The summed E-state index contributed by atoms with van der Waals surface area (Å²) < 4.78 is 14.5. The predicted molar refractivity (Wildman–Crippen MR) is 68.8 cm³/mol. The summed E-state index contributed by atoms with van der Waals surface area (Å²) >= 11 is 5.71. The van der Waals surface area contributed by atoms with Crippen LogP contribution in [0.25, 0.3) is 0 Å². The Labute approximate surface area is 112 Å². The number of carbonyl (C=O) groups excluding carboxylic acids is 1. The van der Waals surface area contributed by atoms with Crippen LogP contribution in [0.2, 0.25) is 5.02 Å². The minimum atomic E-state index is -0.628. The maximum atomic E-state index is 13.4. The molecule has 1 amide bonds. The Morgan fingerprint density at radius 2 is 2.11 bits per heavy atom. The maximum absolute atomic E-state index is 13.4. The van der Waals surface area contributed by atoms with Crippen LogP contribution in [0.5, 0.6) is 0 Å². The Balaban J connectivity index is 2.28. The van der Waals surface area contributed by atoms with Crippen LogP contribution in [-0.2, 0) is 7.05 Å². The van der Waals surface area contributed by atoms with E-state index in [1.165, 1.54) is 31.3 Å². The highest BCUT2D eigenvalue weighted by Gasteiger charge is 2.11. The third-order valence-electron chi connectivity index (χ3n) is 2.37. The lowest BCUT2D eigenvalue weighted by molar-refractivity contribution is 0.101. The summed E-state index contributed by atoms with van der Waals surface area (Å²) in [7, 11) is 1.42. The van der Waals surface area contributed by atoms with Crippen LogP contribution < -0.4 is 10.9 Å². The summed E-state index contributed by atoms with van der Waals surface area (Å²) in [5, 5.41) is 6.39. The van der Waals surface area contributed by atoms with E-state index in [2.05, 4.69) is 10.4 Å². The largest absolute Gasteiger partial charge is 0.318 e. The van der Waals surface area contributed by atoms with Crippen LogP contribution in [-0.4, -0.2) is 15.7 Å². The van der Waals surface area contributed by atoms with Gasteiger partial charge in [-0.2, -0.15) is 5.10 Å². The van der Waals surface area contributed by atoms with Crippen molar-refractivity contribution in [2.24, 2.45) is 7.05 Å². The van der Waals surface area contributed by atoms with Gasteiger partial charge in [-0.3, -0.25) is 9.59 Å². The standard InChI is InChI=1S/C12H9ClFN3O2/c1-17-11(18)5-4-9(16-17)12(19)15-10-6-7(13)2-3-8(10)14/h2-6H,1H3,(H,15,19). The third kappa shape index (κ3) is 2.97. The van der Waals surface area contributed by atoms with E-state index >= 15 is 0 Å². The number of nitrogens with zero attached hydrogens (tertiary/aromatic N) is 2. The van der Waals surface area contributed by atoms with Crippen LogP contribution >= 0.6 is 11.6 Å². The molecular weight excluding hydrogens is 273 g/mol.